The highest BCUT2D eigenvalue weighted by Gasteiger charge is 2.29. The fourth-order valence-electron chi connectivity index (χ4n) is 3.14. The van der Waals surface area contributed by atoms with E-state index in [4.69, 9.17) is 0 Å². The first-order valence-corrected chi connectivity index (χ1v) is 7.36. The number of fused-ring (bicyclic) bond motifs is 1. The summed E-state index contributed by atoms with van der Waals surface area (Å²) in [6.07, 6.45) is 3.80. The van der Waals surface area contributed by atoms with Crippen LogP contribution in [0, 0.1) is 6.92 Å². The number of likely N-dealkylation sites (N-methyl/N-ethyl adjacent to an activating group) is 1. The van der Waals surface area contributed by atoms with Gasteiger partial charge in [0.1, 0.15) is 0 Å². The van der Waals surface area contributed by atoms with Crippen LogP contribution in [0.25, 0.3) is 11.0 Å². The molecular formula is C15H21N5O. The van der Waals surface area contributed by atoms with Gasteiger partial charge >= 0.3 is 0 Å². The van der Waals surface area contributed by atoms with Crippen molar-refractivity contribution in [3.8, 4) is 0 Å². The Morgan fingerprint density at radius 1 is 1.52 bits per heavy atom. The van der Waals surface area contributed by atoms with Gasteiger partial charge in [0, 0.05) is 37.8 Å². The molecule has 1 aliphatic heterocycles. The first-order chi connectivity index (χ1) is 10.1. The molecule has 0 aromatic carbocycles. The summed E-state index contributed by atoms with van der Waals surface area (Å²) in [5.74, 6) is 0.0744. The van der Waals surface area contributed by atoms with Crippen molar-refractivity contribution in [3.63, 3.8) is 0 Å². The number of rotatable bonds is 3. The molecule has 1 N–H and O–H groups in total. The van der Waals surface area contributed by atoms with E-state index in [1.54, 1.807) is 10.9 Å². The van der Waals surface area contributed by atoms with E-state index < -0.39 is 0 Å². The minimum Gasteiger partial charge on any atom is -0.334 e. The maximum atomic E-state index is 12.7. The van der Waals surface area contributed by atoms with Gasteiger partial charge in [0.2, 0.25) is 0 Å². The SMILES string of the molecule is CNCC1CCCN1C(=O)c1cnc2c(c1)c(C)nn2C. The van der Waals surface area contributed by atoms with Crippen LogP contribution in [0.5, 0.6) is 0 Å². The van der Waals surface area contributed by atoms with Crippen LogP contribution in [-0.2, 0) is 7.05 Å². The van der Waals surface area contributed by atoms with Gasteiger partial charge in [-0.15, -0.1) is 0 Å². The molecular weight excluding hydrogens is 266 g/mol. The molecule has 1 fully saturated rings. The van der Waals surface area contributed by atoms with E-state index in [0.717, 1.165) is 42.7 Å². The predicted octanol–water partition coefficient (Wildman–Crippen LogP) is 1.10. The monoisotopic (exact) mass is 287 g/mol. The molecule has 6 nitrogen and oxygen atoms in total. The zero-order chi connectivity index (χ0) is 15.0. The zero-order valence-electron chi connectivity index (χ0n) is 12.8. The highest BCUT2D eigenvalue weighted by atomic mass is 16.2. The third-order valence-electron chi connectivity index (χ3n) is 4.19. The maximum absolute atomic E-state index is 12.7. The van der Waals surface area contributed by atoms with Crippen molar-refractivity contribution in [2.75, 3.05) is 20.1 Å². The van der Waals surface area contributed by atoms with Crippen molar-refractivity contribution in [1.82, 2.24) is 25.0 Å². The number of aryl methyl sites for hydroxylation is 2. The molecule has 0 saturated carbocycles. The van der Waals surface area contributed by atoms with Gasteiger partial charge < -0.3 is 10.2 Å². The Morgan fingerprint density at radius 3 is 3.10 bits per heavy atom. The first-order valence-electron chi connectivity index (χ1n) is 7.36. The summed E-state index contributed by atoms with van der Waals surface area (Å²) >= 11 is 0. The number of nitrogens with zero attached hydrogens (tertiary/aromatic N) is 4. The Morgan fingerprint density at radius 2 is 2.33 bits per heavy atom. The van der Waals surface area contributed by atoms with Crippen molar-refractivity contribution >= 4 is 16.9 Å². The molecule has 3 heterocycles. The molecule has 0 spiro atoms. The number of carbonyl (C=O) groups is 1. The molecule has 112 valence electrons. The molecule has 0 aliphatic carbocycles. The van der Waals surface area contributed by atoms with E-state index in [9.17, 15) is 4.79 Å². The van der Waals surface area contributed by atoms with Crippen molar-refractivity contribution in [1.29, 1.82) is 0 Å². The summed E-state index contributed by atoms with van der Waals surface area (Å²) < 4.78 is 1.75. The van der Waals surface area contributed by atoms with E-state index in [2.05, 4.69) is 15.4 Å². The number of likely N-dealkylation sites (tertiary alicyclic amines) is 1. The quantitative estimate of drug-likeness (QED) is 0.918. The first kappa shape index (κ1) is 14.0. The van der Waals surface area contributed by atoms with E-state index in [-0.39, 0.29) is 11.9 Å². The number of nitrogens with one attached hydrogen (secondary N) is 1. The van der Waals surface area contributed by atoms with Crippen LogP contribution in [0.2, 0.25) is 0 Å². The third-order valence-corrected chi connectivity index (χ3v) is 4.19. The lowest BCUT2D eigenvalue weighted by Crippen LogP contribution is -2.40. The molecule has 0 radical (unpaired) electrons. The smallest absolute Gasteiger partial charge is 0.255 e. The summed E-state index contributed by atoms with van der Waals surface area (Å²) in [7, 11) is 3.79. The molecule has 21 heavy (non-hydrogen) atoms. The lowest BCUT2D eigenvalue weighted by atomic mass is 10.1. The number of carbonyl (C=O) groups excluding carboxylic acids is 1. The molecule has 6 heteroatoms. The van der Waals surface area contributed by atoms with Gasteiger partial charge in [-0.3, -0.25) is 9.48 Å². The molecule has 1 aliphatic rings. The van der Waals surface area contributed by atoms with Gasteiger partial charge in [-0.25, -0.2) is 4.98 Å². The number of aromatic nitrogens is 3. The van der Waals surface area contributed by atoms with Crippen LogP contribution in [-0.4, -0.2) is 51.8 Å². The summed E-state index contributed by atoms with van der Waals surface area (Å²) in [6, 6.07) is 2.20. The second-order valence-electron chi connectivity index (χ2n) is 5.66. The van der Waals surface area contributed by atoms with Crippen LogP contribution in [0.1, 0.15) is 28.9 Å². The van der Waals surface area contributed by atoms with Crippen LogP contribution < -0.4 is 5.32 Å². The second-order valence-corrected chi connectivity index (χ2v) is 5.66. The predicted molar refractivity (Wildman–Crippen MR) is 81.2 cm³/mol. The van der Waals surface area contributed by atoms with Gasteiger partial charge in [0.15, 0.2) is 5.65 Å². The highest BCUT2D eigenvalue weighted by molar-refractivity contribution is 5.97. The van der Waals surface area contributed by atoms with Crippen LogP contribution in [0.15, 0.2) is 12.3 Å². The van der Waals surface area contributed by atoms with E-state index in [0.29, 0.717) is 5.56 Å². The van der Waals surface area contributed by atoms with Crippen molar-refractivity contribution in [3.05, 3.63) is 23.5 Å². The highest BCUT2D eigenvalue weighted by Crippen LogP contribution is 2.22. The summed E-state index contributed by atoms with van der Waals surface area (Å²) in [5, 5.41) is 8.47. The number of amides is 1. The topological polar surface area (TPSA) is 63.1 Å². The minimum atomic E-state index is 0.0744. The number of hydrogen-bond acceptors (Lipinski definition) is 4. The molecule has 1 atom stereocenters. The molecule has 2 aromatic heterocycles. The van der Waals surface area contributed by atoms with Gasteiger partial charge in [0.25, 0.3) is 5.91 Å². The van der Waals surface area contributed by atoms with E-state index >= 15 is 0 Å². The molecule has 0 bridgehead atoms. The summed E-state index contributed by atoms with van der Waals surface area (Å²) in [5.41, 5.74) is 2.38. The normalized spacial score (nSPS) is 18.6. The van der Waals surface area contributed by atoms with Gasteiger partial charge in [0.05, 0.1) is 11.3 Å². The van der Waals surface area contributed by atoms with Crippen molar-refractivity contribution in [2.24, 2.45) is 7.05 Å². The average molecular weight is 287 g/mol. The summed E-state index contributed by atoms with van der Waals surface area (Å²) in [6.45, 7) is 3.61. The minimum absolute atomic E-state index is 0.0744. The molecule has 3 rings (SSSR count). The Labute approximate surface area is 124 Å². The van der Waals surface area contributed by atoms with Gasteiger partial charge in [-0.2, -0.15) is 5.10 Å². The van der Waals surface area contributed by atoms with Crippen LogP contribution in [0.4, 0.5) is 0 Å². The lowest BCUT2D eigenvalue weighted by molar-refractivity contribution is 0.0737. The molecule has 1 saturated heterocycles. The Balaban J connectivity index is 1.92. The third kappa shape index (κ3) is 2.40. The summed E-state index contributed by atoms with van der Waals surface area (Å²) in [4.78, 5) is 19.1. The second kappa shape index (κ2) is 5.44. The van der Waals surface area contributed by atoms with Crippen molar-refractivity contribution in [2.45, 2.75) is 25.8 Å². The molecule has 1 amide bonds. The van der Waals surface area contributed by atoms with Crippen molar-refractivity contribution < 1.29 is 4.79 Å². The van der Waals surface area contributed by atoms with Crippen LogP contribution >= 0.6 is 0 Å². The maximum Gasteiger partial charge on any atom is 0.255 e. The number of pyridine rings is 1. The number of hydrogen-bond donors (Lipinski definition) is 1. The largest absolute Gasteiger partial charge is 0.334 e. The van der Waals surface area contributed by atoms with Gasteiger partial charge in [-0.1, -0.05) is 0 Å². The lowest BCUT2D eigenvalue weighted by Gasteiger charge is -2.24. The zero-order valence-corrected chi connectivity index (χ0v) is 12.8. The van der Waals surface area contributed by atoms with E-state index in [1.807, 2.05) is 32.0 Å². The average Bonchev–Trinajstić information content (AvgIpc) is 3.04. The fourth-order valence-corrected chi connectivity index (χ4v) is 3.14. The van der Waals surface area contributed by atoms with E-state index in [1.165, 1.54) is 0 Å². The Hall–Kier alpha value is -1.95. The molecule has 1 unspecified atom stereocenters. The Kier molecular flexibility index (Phi) is 3.63. The van der Waals surface area contributed by atoms with Crippen LogP contribution in [0.3, 0.4) is 0 Å². The fraction of sp³-hybridized carbons (Fsp3) is 0.533. The Bertz CT molecular complexity index is 678. The standard InChI is InChI=1S/C15H21N5O/c1-10-13-7-11(8-17-14(13)19(3)18-10)15(21)20-6-4-5-12(20)9-16-2/h7-8,12,16H,4-6,9H2,1-3H3. The van der Waals surface area contributed by atoms with Gasteiger partial charge in [-0.05, 0) is 32.9 Å². The molecule has 2 aromatic rings.